The highest BCUT2D eigenvalue weighted by Crippen LogP contribution is 2.29. The quantitative estimate of drug-likeness (QED) is 0.918. The molecule has 2 rings (SSSR count). The molecule has 0 saturated heterocycles. The first-order chi connectivity index (χ1) is 9.09. The first kappa shape index (κ1) is 13.5. The Labute approximate surface area is 112 Å². The molecule has 0 aliphatic rings. The first-order valence-corrected chi connectivity index (χ1v) is 6.16. The molecule has 3 nitrogen and oxygen atoms in total. The van der Waals surface area contributed by atoms with Crippen molar-refractivity contribution in [3.8, 4) is 0 Å². The summed E-state index contributed by atoms with van der Waals surface area (Å²) in [6, 6.07) is 8.54. The molecule has 1 heterocycles. The number of pyridine rings is 1. The van der Waals surface area contributed by atoms with Crippen LogP contribution in [0.5, 0.6) is 0 Å². The number of hydrogen-bond acceptors (Lipinski definition) is 3. The van der Waals surface area contributed by atoms with Crippen LogP contribution in [0.2, 0.25) is 0 Å². The van der Waals surface area contributed by atoms with Crippen LogP contribution >= 0.6 is 0 Å². The zero-order valence-corrected chi connectivity index (χ0v) is 11.0. The maximum absolute atomic E-state index is 14.0. The van der Waals surface area contributed by atoms with Crippen LogP contribution in [0.4, 0.5) is 10.1 Å². The molecule has 0 radical (unpaired) electrons. The highest BCUT2D eigenvalue weighted by atomic mass is 19.1. The Bertz CT molecular complexity index is 543. The Balaban J connectivity index is 2.31. The summed E-state index contributed by atoms with van der Waals surface area (Å²) in [6.45, 7) is 2.20. The van der Waals surface area contributed by atoms with E-state index in [2.05, 4.69) is 4.98 Å². The predicted molar refractivity (Wildman–Crippen MR) is 73.4 cm³/mol. The van der Waals surface area contributed by atoms with Crippen LogP contribution in [0.15, 0.2) is 42.7 Å². The van der Waals surface area contributed by atoms with E-state index in [1.807, 2.05) is 19.2 Å². The maximum Gasteiger partial charge on any atom is 0.146 e. The van der Waals surface area contributed by atoms with Crippen molar-refractivity contribution in [2.45, 2.75) is 19.6 Å². The van der Waals surface area contributed by atoms with Crippen LogP contribution < -0.4 is 4.90 Å². The normalized spacial score (nSPS) is 12.2. The molecule has 1 aromatic heterocycles. The minimum absolute atomic E-state index is 0.324. The van der Waals surface area contributed by atoms with Crippen molar-refractivity contribution in [3.63, 3.8) is 0 Å². The monoisotopic (exact) mass is 260 g/mol. The van der Waals surface area contributed by atoms with Crippen molar-refractivity contribution in [3.05, 3.63) is 59.7 Å². The van der Waals surface area contributed by atoms with Gasteiger partial charge in [-0.25, -0.2) is 4.39 Å². The second-order valence-corrected chi connectivity index (χ2v) is 4.57. The van der Waals surface area contributed by atoms with Crippen LogP contribution in [0.1, 0.15) is 24.2 Å². The molecule has 4 heteroatoms. The Morgan fingerprint density at radius 1 is 1.26 bits per heavy atom. The molecule has 0 aliphatic heterocycles. The highest BCUT2D eigenvalue weighted by Gasteiger charge is 2.16. The Morgan fingerprint density at radius 3 is 2.58 bits per heavy atom. The van der Waals surface area contributed by atoms with Gasteiger partial charge in [-0.1, -0.05) is 12.1 Å². The van der Waals surface area contributed by atoms with Crippen molar-refractivity contribution in [1.82, 2.24) is 4.98 Å². The summed E-state index contributed by atoms with van der Waals surface area (Å²) in [6.07, 6.45) is 2.71. The van der Waals surface area contributed by atoms with Gasteiger partial charge in [-0.05, 0) is 30.7 Å². The zero-order valence-electron chi connectivity index (χ0n) is 11.0. The molecule has 0 amide bonds. The molecular weight excluding hydrogens is 243 g/mol. The van der Waals surface area contributed by atoms with E-state index in [4.69, 9.17) is 0 Å². The first-order valence-electron chi connectivity index (χ1n) is 6.16. The van der Waals surface area contributed by atoms with E-state index in [1.165, 1.54) is 6.07 Å². The van der Waals surface area contributed by atoms with Gasteiger partial charge in [0, 0.05) is 31.5 Å². The lowest BCUT2D eigenvalue weighted by molar-refractivity contribution is 0.199. The molecule has 0 bridgehead atoms. The van der Waals surface area contributed by atoms with E-state index >= 15 is 0 Å². The number of para-hydroxylation sites is 1. The third-order valence-electron chi connectivity index (χ3n) is 3.02. The molecule has 1 N–H and O–H groups in total. The SMILES string of the molecule is C[C@H](O)c1cccc(F)c1N(C)Cc1ccncc1. The number of benzene rings is 1. The van der Waals surface area contributed by atoms with Gasteiger partial charge in [0.1, 0.15) is 5.82 Å². The number of nitrogens with zero attached hydrogens (tertiary/aromatic N) is 2. The lowest BCUT2D eigenvalue weighted by atomic mass is 10.1. The summed E-state index contributed by atoms with van der Waals surface area (Å²) < 4.78 is 14.0. The lowest BCUT2D eigenvalue weighted by Gasteiger charge is -2.24. The molecule has 0 aliphatic carbocycles. The fraction of sp³-hybridized carbons (Fsp3) is 0.267. The summed E-state index contributed by atoms with van der Waals surface area (Å²) in [5.74, 6) is -0.324. The second kappa shape index (κ2) is 5.80. The van der Waals surface area contributed by atoms with E-state index < -0.39 is 6.10 Å². The van der Waals surface area contributed by atoms with Gasteiger partial charge in [0.2, 0.25) is 0 Å². The number of rotatable bonds is 4. The van der Waals surface area contributed by atoms with Gasteiger partial charge in [-0.15, -0.1) is 0 Å². The molecule has 0 unspecified atom stereocenters. The largest absolute Gasteiger partial charge is 0.389 e. The molecule has 1 atom stereocenters. The summed E-state index contributed by atoms with van der Waals surface area (Å²) in [7, 11) is 1.81. The van der Waals surface area contributed by atoms with Gasteiger partial charge >= 0.3 is 0 Å². The van der Waals surface area contributed by atoms with E-state index in [9.17, 15) is 9.50 Å². The molecule has 19 heavy (non-hydrogen) atoms. The van der Waals surface area contributed by atoms with Crippen LogP contribution in [0.25, 0.3) is 0 Å². The van der Waals surface area contributed by atoms with E-state index in [1.54, 1.807) is 36.4 Å². The number of aliphatic hydroxyl groups is 1. The van der Waals surface area contributed by atoms with Gasteiger partial charge in [0.15, 0.2) is 0 Å². The van der Waals surface area contributed by atoms with Crippen molar-refractivity contribution >= 4 is 5.69 Å². The summed E-state index contributed by atoms with van der Waals surface area (Å²) in [4.78, 5) is 5.75. The highest BCUT2D eigenvalue weighted by molar-refractivity contribution is 5.55. The van der Waals surface area contributed by atoms with Crippen LogP contribution in [-0.2, 0) is 6.54 Å². The number of hydrogen-bond donors (Lipinski definition) is 1. The van der Waals surface area contributed by atoms with E-state index in [0.717, 1.165) is 5.56 Å². The predicted octanol–water partition coefficient (Wildman–Crippen LogP) is 2.91. The molecule has 1 aromatic carbocycles. The Kier molecular flexibility index (Phi) is 4.12. The maximum atomic E-state index is 14.0. The standard InChI is InChI=1S/C15H17FN2O/c1-11(19)13-4-3-5-14(16)15(13)18(2)10-12-6-8-17-9-7-12/h3-9,11,19H,10H2,1-2H3/t11-/m0/s1. The van der Waals surface area contributed by atoms with Gasteiger partial charge in [0.25, 0.3) is 0 Å². The smallest absolute Gasteiger partial charge is 0.146 e. The van der Waals surface area contributed by atoms with Crippen LogP contribution in [0, 0.1) is 5.82 Å². The number of halogens is 1. The summed E-state index contributed by atoms with van der Waals surface area (Å²) in [5.41, 5.74) is 2.07. The Hall–Kier alpha value is -1.94. The summed E-state index contributed by atoms with van der Waals surface area (Å²) in [5, 5.41) is 9.74. The Morgan fingerprint density at radius 2 is 1.95 bits per heavy atom. The van der Waals surface area contributed by atoms with Gasteiger partial charge < -0.3 is 10.0 Å². The molecule has 0 saturated carbocycles. The lowest BCUT2D eigenvalue weighted by Crippen LogP contribution is -2.20. The minimum Gasteiger partial charge on any atom is -0.389 e. The third kappa shape index (κ3) is 3.09. The van der Waals surface area contributed by atoms with Gasteiger partial charge in [-0.2, -0.15) is 0 Å². The van der Waals surface area contributed by atoms with Gasteiger partial charge in [-0.3, -0.25) is 4.98 Å². The van der Waals surface area contributed by atoms with E-state index in [-0.39, 0.29) is 5.82 Å². The fourth-order valence-corrected chi connectivity index (χ4v) is 2.11. The topological polar surface area (TPSA) is 36.4 Å². The molecule has 0 fully saturated rings. The summed E-state index contributed by atoms with van der Waals surface area (Å²) >= 11 is 0. The number of anilines is 1. The molecular formula is C15H17FN2O. The van der Waals surface area contributed by atoms with E-state index in [0.29, 0.717) is 17.8 Å². The zero-order chi connectivity index (χ0) is 13.8. The van der Waals surface area contributed by atoms with Crippen molar-refractivity contribution < 1.29 is 9.50 Å². The van der Waals surface area contributed by atoms with Crippen LogP contribution in [-0.4, -0.2) is 17.1 Å². The minimum atomic E-state index is -0.703. The van der Waals surface area contributed by atoms with Crippen LogP contribution in [0.3, 0.4) is 0 Å². The second-order valence-electron chi connectivity index (χ2n) is 4.57. The van der Waals surface area contributed by atoms with Gasteiger partial charge in [0.05, 0.1) is 11.8 Å². The average molecular weight is 260 g/mol. The molecule has 0 spiro atoms. The third-order valence-corrected chi connectivity index (χ3v) is 3.02. The number of aliphatic hydroxyl groups excluding tert-OH is 1. The molecule has 2 aromatic rings. The van der Waals surface area contributed by atoms with Crippen molar-refractivity contribution in [1.29, 1.82) is 0 Å². The average Bonchev–Trinajstić information content (AvgIpc) is 2.39. The van der Waals surface area contributed by atoms with Crippen molar-refractivity contribution in [2.24, 2.45) is 0 Å². The molecule has 100 valence electrons. The van der Waals surface area contributed by atoms with Crippen molar-refractivity contribution in [2.75, 3.05) is 11.9 Å². The fourth-order valence-electron chi connectivity index (χ4n) is 2.11. The number of aromatic nitrogens is 1.